The molecule has 2 fully saturated rings. The molecule has 1 aliphatic carbocycles. The Morgan fingerprint density at radius 3 is 2.64 bits per heavy atom. The van der Waals surface area contributed by atoms with E-state index in [1.165, 1.54) is 37.7 Å². The van der Waals surface area contributed by atoms with Gasteiger partial charge >= 0.3 is 0 Å². The molecule has 0 bridgehead atoms. The molecule has 158 valence electrons. The summed E-state index contributed by atoms with van der Waals surface area (Å²) in [6, 6.07) is 6.66. The zero-order valence-corrected chi connectivity index (χ0v) is 17.4. The molecule has 0 aromatic heterocycles. The summed E-state index contributed by atoms with van der Waals surface area (Å²) in [4.78, 5) is 4.67. The predicted octanol–water partition coefficient (Wildman–Crippen LogP) is 2.53. The van der Waals surface area contributed by atoms with Crippen LogP contribution in [0.25, 0.3) is 0 Å². The fourth-order valence-electron chi connectivity index (χ4n) is 4.19. The number of ether oxygens (including phenoxy) is 3. The first-order valence-electron chi connectivity index (χ1n) is 10.6. The van der Waals surface area contributed by atoms with E-state index < -0.39 is 6.10 Å². The van der Waals surface area contributed by atoms with Crippen LogP contribution in [-0.4, -0.2) is 80.7 Å². The van der Waals surface area contributed by atoms with Crippen LogP contribution in [0.2, 0.25) is 0 Å². The largest absolute Gasteiger partial charge is 0.493 e. The van der Waals surface area contributed by atoms with Gasteiger partial charge in [0.25, 0.3) is 0 Å². The lowest BCUT2D eigenvalue weighted by Gasteiger charge is -2.32. The van der Waals surface area contributed by atoms with Crippen molar-refractivity contribution in [2.75, 3.05) is 53.6 Å². The van der Waals surface area contributed by atoms with Crippen LogP contribution in [0.4, 0.5) is 0 Å². The Hall–Kier alpha value is -1.34. The lowest BCUT2D eigenvalue weighted by atomic mass is 9.94. The predicted molar refractivity (Wildman–Crippen MR) is 110 cm³/mol. The standard InChI is InChI=1S/C22H36N2O4/c1-23(19-6-4-3-5-7-19)16-20(25)17-28-21-9-8-18(14-22(21)26-2)15-24-10-12-27-13-11-24/h8-9,14,19-20,25H,3-7,10-13,15-17H2,1-2H3/t20-/m0/s1. The molecular weight excluding hydrogens is 356 g/mol. The minimum Gasteiger partial charge on any atom is -0.493 e. The van der Waals surface area contributed by atoms with Crippen molar-refractivity contribution < 1.29 is 19.3 Å². The van der Waals surface area contributed by atoms with Crippen LogP contribution >= 0.6 is 0 Å². The van der Waals surface area contributed by atoms with E-state index in [0.717, 1.165) is 38.6 Å². The summed E-state index contributed by atoms with van der Waals surface area (Å²) in [5.41, 5.74) is 1.20. The van der Waals surface area contributed by atoms with Crippen molar-refractivity contribution in [3.63, 3.8) is 0 Å². The SMILES string of the molecule is COc1cc(CN2CCOCC2)ccc1OC[C@@H](O)CN(C)C1CCCCC1. The fourth-order valence-corrected chi connectivity index (χ4v) is 4.19. The molecule has 0 unspecified atom stereocenters. The first-order valence-corrected chi connectivity index (χ1v) is 10.6. The number of morpholine rings is 1. The van der Waals surface area contributed by atoms with Crippen molar-refractivity contribution in [2.45, 2.75) is 50.8 Å². The average Bonchev–Trinajstić information content (AvgIpc) is 2.74. The summed E-state index contributed by atoms with van der Waals surface area (Å²) >= 11 is 0. The van der Waals surface area contributed by atoms with Crippen LogP contribution in [0, 0.1) is 0 Å². The number of aliphatic hydroxyl groups is 1. The molecule has 0 amide bonds. The van der Waals surface area contributed by atoms with Gasteiger partial charge in [-0.1, -0.05) is 25.3 Å². The van der Waals surface area contributed by atoms with Crippen LogP contribution < -0.4 is 9.47 Å². The monoisotopic (exact) mass is 392 g/mol. The van der Waals surface area contributed by atoms with Crippen LogP contribution in [0.3, 0.4) is 0 Å². The molecule has 1 saturated heterocycles. The van der Waals surface area contributed by atoms with Gasteiger partial charge in [0.05, 0.1) is 20.3 Å². The molecule has 1 aliphatic heterocycles. The molecule has 1 saturated carbocycles. The van der Waals surface area contributed by atoms with E-state index in [9.17, 15) is 5.11 Å². The number of likely N-dealkylation sites (N-methyl/N-ethyl adjacent to an activating group) is 1. The van der Waals surface area contributed by atoms with Gasteiger partial charge in [0.2, 0.25) is 0 Å². The van der Waals surface area contributed by atoms with Crippen molar-refractivity contribution in [1.82, 2.24) is 9.80 Å². The lowest BCUT2D eigenvalue weighted by Crippen LogP contribution is -2.40. The molecule has 0 spiro atoms. The molecule has 6 heteroatoms. The summed E-state index contributed by atoms with van der Waals surface area (Å²) < 4.78 is 16.8. The first-order chi connectivity index (χ1) is 13.7. The number of methoxy groups -OCH3 is 1. The van der Waals surface area contributed by atoms with E-state index in [4.69, 9.17) is 14.2 Å². The molecule has 1 N–H and O–H groups in total. The number of hydrogen-bond acceptors (Lipinski definition) is 6. The first kappa shape index (κ1) is 21.4. The third-order valence-corrected chi connectivity index (χ3v) is 5.87. The Bertz CT molecular complexity index is 586. The molecular formula is C22H36N2O4. The summed E-state index contributed by atoms with van der Waals surface area (Å²) in [5, 5.41) is 10.4. The van der Waals surface area contributed by atoms with Crippen LogP contribution in [0.5, 0.6) is 11.5 Å². The van der Waals surface area contributed by atoms with Gasteiger partial charge in [0, 0.05) is 32.2 Å². The van der Waals surface area contributed by atoms with Gasteiger partial charge in [-0.2, -0.15) is 0 Å². The summed E-state index contributed by atoms with van der Waals surface area (Å²) in [6.07, 6.45) is 5.91. The molecule has 1 atom stereocenters. The maximum absolute atomic E-state index is 10.4. The smallest absolute Gasteiger partial charge is 0.161 e. The molecule has 1 aromatic carbocycles. The van der Waals surface area contributed by atoms with Crippen molar-refractivity contribution in [3.05, 3.63) is 23.8 Å². The van der Waals surface area contributed by atoms with Crippen molar-refractivity contribution >= 4 is 0 Å². The second-order valence-corrected chi connectivity index (χ2v) is 8.07. The van der Waals surface area contributed by atoms with Gasteiger partial charge in [-0.05, 0) is 37.6 Å². The molecule has 0 radical (unpaired) electrons. The summed E-state index contributed by atoms with van der Waals surface area (Å²) in [6.45, 7) is 5.31. The third-order valence-electron chi connectivity index (χ3n) is 5.87. The van der Waals surface area contributed by atoms with Crippen LogP contribution in [-0.2, 0) is 11.3 Å². The summed E-state index contributed by atoms with van der Waals surface area (Å²) in [7, 11) is 3.77. The lowest BCUT2D eigenvalue weighted by molar-refractivity contribution is 0.0341. The normalized spacial score (nSPS) is 20.3. The van der Waals surface area contributed by atoms with E-state index in [1.807, 2.05) is 12.1 Å². The topological polar surface area (TPSA) is 54.4 Å². The quantitative estimate of drug-likeness (QED) is 0.697. The number of benzene rings is 1. The zero-order chi connectivity index (χ0) is 19.8. The van der Waals surface area contributed by atoms with Gasteiger partial charge in [0.15, 0.2) is 11.5 Å². The highest BCUT2D eigenvalue weighted by atomic mass is 16.5. The minimum absolute atomic E-state index is 0.274. The molecule has 1 aromatic rings. The van der Waals surface area contributed by atoms with E-state index in [-0.39, 0.29) is 6.61 Å². The van der Waals surface area contributed by atoms with Gasteiger partial charge in [-0.3, -0.25) is 4.90 Å². The highest BCUT2D eigenvalue weighted by molar-refractivity contribution is 5.43. The van der Waals surface area contributed by atoms with Crippen molar-refractivity contribution in [3.8, 4) is 11.5 Å². The Labute approximate surface area is 169 Å². The maximum Gasteiger partial charge on any atom is 0.161 e. The zero-order valence-electron chi connectivity index (χ0n) is 17.4. The molecule has 6 nitrogen and oxygen atoms in total. The summed E-state index contributed by atoms with van der Waals surface area (Å²) in [5.74, 6) is 1.41. The van der Waals surface area contributed by atoms with E-state index in [2.05, 4.69) is 22.9 Å². The van der Waals surface area contributed by atoms with Gasteiger partial charge in [-0.25, -0.2) is 0 Å². The second kappa shape index (κ2) is 11.0. The van der Waals surface area contributed by atoms with Gasteiger partial charge in [-0.15, -0.1) is 0 Å². The number of hydrogen-bond donors (Lipinski definition) is 1. The molecule has 28 heavy (non-hydrogen) atoms. The maximum atomic E-state index is 10.4. The van der Waals surface area contributed by atoms with Gasteiger partial charge < -0.3 is 24.2 Å². The Morgan fingerprint density at radius 2 is 1.93 bits per heavy atom. The van der Waals surface area contributed by atoms with E-state index >= 15 is 0 Å². The third kappa shape index (κ3) is 6.34. The highest BCUT2D eigenvalue weighted by Crippen LogP contribution is 2.29. The second-order valence-electron chi connectivity index (χ2n) is 8.07. The van der Waals surface area contributed by atoms with Crippen LogP contribution in [0.15, 0.2) is 18.2 Å². The number of nitrogens with zero attached hydrogens (tertiary/aromatic N) is 2. The van der Waals surface area contributed by atoms with Crippen LogP contribution in [0.1, 0.15) is 37.7 Å². The molecule has 1 heterocycles. The van der Waals surface area contributed by atoms with Crippen molar-refractivity contribution in [1.29, 1.82) is 0 Å². The van der Waals surface area contributed by atoms with E-state index in [1.54, 1.807) is 7.11 Å². The Balaban J connectivity index is 1.48. The molecule has 2 aliphatic rings. The van der Waals surface area contributed by atoms with Crippen molar-refractivity contribution in [2.24, 2.45) is 0 Å². The Kier molecular flexibility index (Phi) is 8.40. The average molecular weight is 393 g/mol. The van der Waals surface area contributed by atoms with Gasteiger partial charge in [0.1, 0.15) is 12.7 Å². The number of rotatable bonds is 9. The highest BCUT2D eigenvalue weighted by Gasteiger charge is 2.20. The Morgan fingerprint density at radius 1 is 1.18 bits per heavy atom. The molecule has 3 rings (SSSR count). The minimum atomic E-state index is -0.510. The van der Waals surface area contributed by atoms with E-state index in [0.29, 0.717) is 18.3 Å². The fraction of sp³-hybridized carbons (Fsp3) is 0.727. The number of aliphatic hydroxyl groups excluding tert-OH is 1.